The molecule has 0 atom stereocenters. The van der Waals surface area contributed by atoms with E-state index in [1.54, 1.807) is 0 Å². The molecular formula is C11H11NO2. The first-order valence-corrected chi connectivity index (χ1v) is 4.16. The Bertz CT molecular complexity index is 391. The molecule has 1 aromatic rings. The van der Waals surface area contributed by atoms with Gasteiger partial charge in [0.15, 0.2) is 0 Å². The van der Waals surface area contributed by atoms with E-state index in [0.717, 1.165) is 16.7 Å². The molecule has 0 heterocycles. The maximum absolute atomic E-state index is 10.3. The average Bonchev–Trinajstić information content (AvgIpc) is 2.16. The maximum atomic E-state index is 10.3. The van der Waals surface area contributed by atoms with Crippen molar-refractivity contribution in [2.75, 3.05) is 0 Å². The van der Waals surface area contributed by atoms with E-state index in [1.165, 1.54) is 0 Å². The number of nitrogens with one attached hydrogen (secondary N) is 1. The van der Waals surface area contributed by atoms with Crippen LogP contribution in [0.25, 0.3) is 0 Å². The van der Waals surface area contributed by atoms with Crippen LogP contribution in [0.1, 0.15) is 16.7 Å². The lowest BCUT2D eigenvalue weighted by atomic mass is 10.1. The second kappa shape index (κ2) is 4.33. The number of hydrogen-bond donors (Lipinski definition) is 2. The van der Waals surface area contributed by atoms with Crippen LogP contribution in [-0.2, 0) is 6.54 Å². The van der Waals surface area contributed by atoms with Crippen molar-refractivity contribution in [3.8, 4) is 12.3 Å². The lowest BCUT2D eigenvalue weighted by Gasteiger charge is -2.05. The van der Waals surface area contributed by atoms with E-state index in [1.807, 2.05) is 25.1 Å². The minimum absolute atomic E-state index is 0.288. The fourth-order valence-corrected chi connectivity index (χ4v) is 1.12. The van der Waals surface area contributed by atoms with Crippen molar-refractivity contribution >= 4 is 6.09 Å². The van der Waals surface area contributed by atoms with Gasteiger partial charge in [-0.15, -0.1) is 6.42 Å². The normalized spacial score (nSPS) is 9.14. The Kier molecular flexibility index (Phi) is 3.14. The zero-order valence-electron chi connectivity index (χ0n) is 7.87. The van der Waals surface area contributed by atoms with Crippen molar-refractivity contribution < 1.29 is 9.90 Å². The molecule has 72 valence electrons. The molecule has 1 rings (SSSR count). The highest BCUT2D eigenvalue weighted by atomic mass is 16.4. The molecule has 0 bridgehead atoms. The third-order valence-corrected chi connectivity index (χ3v) is 1.95. The van der Waals surface area contributed by atoms with Crippen LogP contribution in [0.2, 0.25) is 0 Å². The second-order valence-electron chi connectivity index (χ2n) is 2.94. The van der Waals surface area contributed by atoms with Gasteiger partial charge in [0.05, 0.1) is 0 Å². The molecule has 14 heavy (non-hydrogen) atoms. The van der Waals surface area contributed by atoms with E-state index < -0.39 is 6.09 Å². The Morgan fingerprint density at radius 1 is 1.64 bits per heavy atom. The van der Waals surface area contributed by atoms with Gasteiger partial charge in [0.25, 0.3) is 0 Å². The zero-order chi connectivity index (χ0) is 10.6. The summed E-state index contributed by atoms with van der Waals surface area (Å²) in [6.45, 7) is 2.20. The maximum Gasteiger partial charge on any atom is 0.404 e. The number of carbonyl (C=O) groups is 1. The van der Waals surface area contributed by atoms with E-state index in [4.69, 9.17) is 11.5 Å². The van der Waals surface area contributed by atoms with Gasteiger partial charge in [-0.3, -0.25) is 0 Å². The van der Waals surface area contributed by atoms with E-state index in [2.05, 4.69) is 11.2 Å². The van der Waals surface area contributed by atoms with Gasteiger partial charge in [0.2, 0.25) is 0 Å². The lowest BCUT2D eigenvalue weighted by molar-refractivity contribution is 0.194. The molecule has 0 aliphatic carbocycles. The molecule has 1 amide bonds. The third kappa shape index (κ3) is 2.53. The van der Waals surface area contributed by atoms with E-state index in [-0.39, 0.29) is 6.54 Å². The first kappa shape index (κ1) is 10.1. The molecule has 0 fully saturated rings. The Balaban J connectivity index is 2.85. The summed E-state index contributed by atoms with van der Waals surface area (Å²) in [7, 11) is 0. The number of amides is 1. The van der Waals surface area contributed by atoms with Crippen LogP contribution in [0.3, 0.4) is 0 Å². The summed E-state index contributed by atoms with van der Waals surface area (Å²) in [5, 5.41) is 10.7. The summed E-state index contributed by atoms with van der Waals surface area (Å²) in [6, 6.07) is 5.53. The van der Waals surface area contributed by atoms with Gasteiger partial charge in [0.1, 0.15) is 0 Å². The first-order valence-electron chi connectivity index (χ1n) is 4.16. The summed E-state index contributed by atoms with van der Waals surface area (Å²) >= 11 is 0. The number of aryl methyl sites for hydroxylation is 1. The smallest absolute Gasteiger partial charge is 0.404 e. The Morgan fingerprint density at radius 3 is 2.93 bits per heavy atom. The summed E-state index contributed by atoms with van der Waals surface area (Å²) in [5.41, 5.74) is 2.69. The fourth-order valence-electron chi connectivity index (χ4n) is 1.12. The van der Waals surface area contributed by atoms with Crippen LogP contribution < -0.4 is 5.32 Å². The quantitative estimate of drug-likeness (QED) is 0.696. The highest BCUT2D eigenvalue weighted by Gasteiger charge is 2.01. The van der Waals surface area contributed by atoms with Crippen LogP contribution in [0.15, 0.2) is 18.2 Å². The first-order chi connectivity index (χ1) is 6.63. The molecule has 0 saturated heterocycles. The molecule has 0 saturated carbocycles. The summed E-state index contributed by atoms with van der Waals surface area (Å²) in [5.74, 6) is 2.51. The predicted octanol–water partition coefficient (Wildman–Crippen LogP) is 1.74. The monoisotopic (exact) mass is 189 g/mol. The molecule has 1 aromatic carbocycles. The summed E-state index contributed by atoms with van der Waals surface area (Å²) < 4.78 is 0. The fraction of sp³-hybridized carbons (Fsp3) is 0.182. The van der Waals surface area contributed by atoms with E-state index in [0.29, 0.717) is 0 Å². The Morgan fingerprint density at radius 2 is 2.36 bits per heavy atom. The van der Waals surface area contributed by atoms with Crippen LogP contribution in [0, 0.1) is 19.3 Å². The topological polar surface area (TPSA) is 49.3 Å². The Hall–Kier alpha value is -1.95. The number of benzene rings is 1. The van der Waals surface area contributed by atoms with Gasteiger partial charge in [-0.1, -0.05) is 12.0 Å². The van der Waals surface area contributed by atoms with Crippen molar-refractivity contribution in [1.82, 2.24) is 5.32 Å². The molecule has 0 unspecified atom stereocenters. The van der Waals surface area contributed by atoms with Crippen LogP contribution in [0.5, 0.6) is 0 Å². The minimum Gasteiger partial charge on any atom is -0.465 e. The van der Waals surface area contributed by atoms with Gasteiger partial charge < -0.3 is 10.4 Å². The summed E-state index contributed by atoms with van der Waals surface area (Å²) in [6.07, 6.45) is 4.21. The zero-order valence-corrected chi connectivity index (χ0v) is 7.87. The van der Waals surface area contributed by atoms with E-state index >= 15 is 0 Å². The largest absolute Gasteiger partial charge is 0.465 e. The van der Waals surface area contributed by atoms with Crippen molar-refractivity contribution in [3.05, 3.63) is 34.9 Å². The van der Waals surface area contributed by atoms with Gasteiger partial charge in [-0.2, -0.15) is 0 Å². The molecule has 3 nitrogen and oxygen atoms in total. The standard InChI is InChI=1S/C11H11NO2/c1-3-9-5-4-8(2)10(6-9)7-12-11(13)14/h1,4-6,12H,7H2,2H3,(H,13,14). The Labute approximate surface area is 82.8 Å². The molecule has 2 N–H and O–H groups in total. The SMILES string of the molecule is C#Cc1ccc(C)c(CNC(=O)O)c1. The molecule has 0 aliphatic rings. The van der Waals surface area contributed by atoms with Crippen LogP contribution in [0.4, 0.5) is 4.79 Å². The van der Waals surface area contributed by atoms with Gasteiger partial charge >= 0.3 is 6.09 Å². The molecule has 3 heteroatoms. The molecule has 0 aromatic heterocycles. The number of rotatable bonds is 2. The highest BCUT2D eigenvalue weighted by Crippen LogP contribution is 2.10. The molecule has 0 radical (unpaired) electrons. The molecule has 0 aliphatic heterocycles. The van der Waals surface area contributed by atoms with Crippen molar-refractivity contribution in [1.29, 1.82) is 0 Å². The van der Waals surface area contributed by atoms with Gasteiger partial charge in [-0.05, 0) is 30.2 Å². The van der Waals surface area contributed by atoms with Crippen molar-refractivity contribution in [2.45, 2.75) is 13.5 Å². The van der Waals surface area contributed by atoms with Gasteiger partial charge in [0, 0.05) is 12.1 Å². The van der Waals surface area contributed by atoms with Crippen molar-refractivity contribution in [2.24, 2.45) is 0 Å². The van der Waals surface area contributed by atoms with Crippen LogP contribution >= 0.6 is 0 Å². The lowest BCUT2D eigenvalue weighted by Crippen LogP contribution is -2.20. The number of hydrogen-bond acceptors (Lipinski definition) is 1. The predicted molar refractivity (Wildman–Crippen MR) is 54.0 cm³/mol. The van der Waals surface area contributed by atoms with E-state index in [9.17, 15) is 4.79 Å². The summed E-state index contributed by atoms with van der Waals surface area (Å²) in [4.78, 5) is 10.3. The molecular weight excluding hydrogens is 178 g/mol. The van der Waals surface area contributed by atoms with Gasteiger partial charge in [-0.25, -0.2) is 4.79 Å². The van der Waals surface area contributed by atoms with Crippen LogP contribution in [-0.4, -0.2) is 11.2 Å². The number of carboxylic acid groups (broad SMARTS) is 1. The number of terminal acetylenes is 1. The minimum atomic E-state index is -1.03. The second-order valence-corrected chi connectivity index (χ2v) is 2.94. The van der Waals surface area contributed by atoms with Crippen molar-refractivity contribution in [3.63, 3.8) is 0 Å². The highest BCUT2D eigenvalue weighted by molar-refractivity contribution is 5.64. The molecule has 0 spiro atoms. The average molecular weight is 189 g/mol. The third-order valence-electron chi connectivity index (χ3n) is 1.95.